The number of nitrogens with one attached hydrogen (secondary N) is 1. The lowest BCUT2D eigenvalue weighted by atomic mass is 10.3. The van der Waals surface area contributed by atoms with Gasteiger partial charge in [0.1, 0.15) is 0 Å². The lowest BCUT2D eigenvalue weighted by molar-refractivity contribution is 0.0951. The molecule has 3 aromatic rings. The molecule has 0 aliphatic heterocycles. The van der Waals surface area contributed by atoms with Crippen LogP contribution >= 0.6 is 11.3 Å². The molecular formula is C13H10N4O2S. The zero-order valence-corrected chi connectivity index (χ0v) is 11.1. The highest BCUT2D eigenvalue weighted by atomic mass is 32.1. The standard InChI is InChI=1S/C13H10N4O2S/c18-12(10-2-1-7-20-10)15-8-11-16-17-13(19-11)9-3-5-14-6-4-9/h1-7H,8H2,(H,15,18). The van der Waals surface area contributed by atoms with E-state index in [1.54, 1.807) is 30.6 Å². The van der Waals surface area contributed by atoms with Crippen LogP contribution in [0.4, 0.5) is 0 Å². The summed E-state index contributed by atoms with van der Waals surface area (Å²) in [5, 5.41) is 12.4. The van der Waals surface area contributed by atoms with Gasteiger partial charge in [0.15, 0.2) is 0 Å². The van der Waals surface area contributed by atoms with Crippen LogP contribution in [0.5, 0.6) is 0 Å². The zero-order chi connectivity index (χ0) is 13.8. The fraction of sp³-hybridized carbons (Fsp3) is 0.0769. The van der Waals surface area contributed by atoms with E-state index in [2.05, 4.69) is 20.5 Å². The van der Waals surface area contributed by atoms with Crippen molar-refractivity contribution in [2.45, 2.75) is 6.54 Å². The molecule has 0 bridgehead atoms. The molecule has 0 saturated carbocycles. The van der Waals surface area contributed by atoms with E-state index in [4.69, 9.17) is 4.42 Å². The molecule has 3 heterocycles. The molecule has 1 N–H and O–H groups in total. The Labute approximate surface area is 118 Å². The maximum Gasteiger partial charge on any atom is 0.261 e. The van der Waals surface area contributed by atoms with Gasteiger partial charge in [0, 0.05) is 18.0 Å². The van der Waals surface area contributed by atoms with Crippen LogP contribution in [0, 0.1) is 0 Å². The largest absolute Gasteiger partial charge is 0.419 e. The summed E-state index contributed by atoms with van der Waals surface area (Å²) in [5.74, 6) is 0.623. The number of nitrogens with zero attached hydrogens (tertiary/aromatic N) is 3. The summed E-state index contributed by atoms with van der Waals surface area (Å²) >= 11 is 1.38. The van der Waals surface area contributed by atoms with Crippen LogP contribution in [-0.4, -0.2) is 21.1 Å². The van der Waals surface area contributed by atoms with Crippen LogP contribution in [0.3, 0.4) is 0 Å². The topological polar surface area (TPSA) is 80.9 Å². The van der Waals surface area contributed by atoms with Crippen LogP contribution in [-0.2, 0) is 6.54 Å². The highest BCUT2D eigenvalue weighted by Crippen LogP contribution is 2.16. The normalized spacial score (nSPS) is 10.4. The van der Waals surface area contributed by atoms with E-state index in [9.17, 15) is 4.79 Å². The van der Waals surface area contributed by atoms with E-state index < -0.39 is 0 Å². The smallest absolute Gasteiger partial charge is 0.261 e. The quantitative estimate of drug-likeness (QED) is 0.794. The second kappa shape index (κ2) is 5.62. The van der Waals surface area contributed by atoms with E-state index >= 15 is 0 Å². The summed E-state index contributed by atoms with van der Waals surface area (Å²) < 4.78 is 5.48. The molecule has 20 heavy (non-hydrogen) atoms. The van der Waals surface area contributed by atoms with Crippen molar-refractivity contribution in [3.8, 4) is 11.5 Å². The fourth-order valence-corrected chi connectivity index (χ4v) is 2.23. The lowest BCUT2D eigenvalue weighted by Crippen LogP contribution is -2.21. The molecule has 0 spiro atoms. The van der Waals surface area contributed by atoms with E-state index in [1.807, 2.05) is 11.4 Å². The molecule has 6 nitrogen and oxygen atoms in total. The van der Waals surface area contributed by atoms with Crippen LogP contribution < -0.4 is 5.32 Å². The SMILES string of the molecule is O=C(NCc1nnc(-c2ccncc2)o1)c1cccs1. The van der Waals surface area contributed by atoms with Gasteiger partial charge in [0.05, 0.1) is 11.4 Å². The van der Waals surface area contributed by atoms with Crippen molar-refractivity contribution in [1.82, 2.24) is 20.5 Å². The first kappa shape index (κ1) is 12.5. The number of carbonyl (C=O) groups excluding carboxylic acids is 1. The van der Waals surface area contributed by atoms with Gasteiger partial charge in [-0.1, -0.05) is 6.07 Å². The summed E-state index contributed by atoms with van der Waals surface area (Å²) in [6.45, 7) is 0.203. The van der Waals surface area contributed by atoms with Gasteiger partial charge in [-0.15, -0.1) is 21.5 Å². The molecule has 3 aromatic heterocycles. The molecule has 0 saturated heterocycles. The van der Waals surface area contributed by atoms with Crippen molar-refractivity contribution in [2.75, 3.05) is 0 Å². The summed E-state index contributed by atoms with van der Waals surface area (Å²) in [4.78, 5) is 16.3. The maximum absolute atomic E-state index is 11.8. The first-order valence-electron chi connectivity index (χ1n) is 5.87. The van der Waals surface area contributed by atoms with Crippen molar-refractivity contribution in [2.24, 2.45) is 0 Å². The Bertz CT molecular complexity index is 694. The Hall–Kier alpha value is -2.54. The van der Waals surface area contributed by atoms with E-state index in [1.165, 1.54) is 11.3 Å². The van der Waals surface area contributed by atoms with Gasteiger partial charge in [-0.3, -0.25) is 9.78 Å². The second-order valence-electron chi connectivity index (χ2n) is 3.90. The maximum atomic E-state index is 11.8. The molecule has 0 aliphatic rings. The number of thiophene rings is 1. The third-order valence-corrected chi connectivity index (χ3v) is 3.41. The average molecular weight is 286 g/mol. The number of carbonyl (C=O) groups is 1. The Morgan fingerprint density at radius 1 is 1.25 bits per heavy atom. The van der Waals surface area contributed by atoms with Crippen molar-refractivity contribution in [3.63, 3.8) is 0 Å². The Morgan fingerprint density at radius 2 is 2.10 bits per heavy atom. The molecule has 0 fully saturated rings. The van der Waals surface area contributed by atoms with Gasteiger partial charge in [0.25, 0.3) is 5.91 Å². The third-order valence-electron chi connectivity index (χ3n) is 2.54. The van der Waals surface area contributed by atoms with Gasteiger partial charge in [-0.05, 0) is 23.6 Å². The van der Waals surface area contributed by atoms with Crippen molar-refractivity contribution >= 4 is 17.2 Å². The molecule has 0 atom stereocenters. The molecular weight excluding hydrogens is 276 g/mol. The Balaban J connectivity index is 1.65. The number of pyridine rings is 1. The van der Waals surface area contributed by atoms with Gasteiger partial charge in [-0.25, -0.2) is 0 Å². The molecule has 0 unspecified atom stereocenters. The molecule has 1 amide bonds. The number of rotatable bonds is 4. The van der Waals surface area contributed by atoms with Gasteiger partial charge in [0.2, 0.25) is 11.8 Å². The third kappa shape index (κ3) is 2.72. The predicted octanol–water partition coefficient (Wildman–Crippen LogP) is 2.12. The molecule has 7 heteroatoms. The van der Waals surface area contributed by atoms with Crippen LogP contribution in [0.15, 0.2) is 46.5 Å². The first-order chi connectivity index (χ1) is 9.83. The van der Waals surface area contributed by atoms with Crippen molar-refractivity contribution in [1.29, 1.82) is 0 Å². The highest BCUT2D eigenvalue weighted by Gasteiger charge is 2.11. The Kier molecular flexibility index (Phi) is 3.51. The van der Waals surface area contributed by atoms with E-state index in [-0.39, 0.29) is 12.5 Å². The van der Waals surface area contributed by atoms with Crippen molar-refractivity contribution in [3.05, 3.63) is 52.8 Å². The monoisotopic (exact) mass is 286 g/mol. The molecule has 100 valence electrons. The van der Waals surface area contributed by atoms with E-state index in [0.29, 0.717) is 16.7 Å². The molecule has 0 aliphatic carbocycles. The number of hydrogen-bond acceptors (Lipinski definition) is 6. The van der Waals surface area contributed by atoms with Crippen LogP contribution in [0.25, 0.3) is 11.5 Å². The van der Waals surface area contributed by atoms with E-state index in [0.717, 1.165) is 5.56 Å². The minimum atomic E-state index is -0.149. The van der Waals surface area contributed by atoms with Crippen molar-refractivity contribution < 1.29 is 9.21 Å². The summed E-state index contributed by atoms with van der Waals surface area (Å²) in [6.07, 6.45) is 3.30. The van der Waals surface area contributed by atoms with Crippen LogP contribution in [0.1, 0.15) is 15.6 Å². The highest BCUT2D eigenvalue weighted by molar-refractivity contribution is 7.12. The lowest BCUT2D eigenvalue weighted by Gasteiger charge is -1.98. The van der Waals surface area contributed by atoms with Crippen LogP contribution in [0.2, 0.25) is 0 Å². The minimum absolute atomic E-state index is 0.149. The van der Waals surface area contributed by atoms with Gasteiger partial charge in [-0.2, -0.15) is 0 Å². The summed E-state index contributed by atoms with van der Waals surface area (Å²) in [6, 6.07) is 7.15. The number of aromatic nitrogens is 3. The second-order valence-corrected chi connectivity index (χ2v) is 4.84. The molecule has 0 aromatic carbocycles. The fourth-order valence-electron chi connectivity index (χ4n) is 1.59. The zero-order valence-electron chi connectivity index (χ0n) is 10.3. The summed E-state index contributed by atoms with van der Waals surface area (Å²) in [7, 11) is 0. The number of hydrogen-bond donors (Lipinski definition) is 1. The molecule has 3 rings (SSSR count). The average Bonchev–Trinajstić information content (AvgIpc) is 3.17. The Morgan fingerprint density at radius 3 is 2.85 bits per heavy atom. The minimum Gasteiger partial charge on any atom is -0.419 e. The predicted molar refractivity (Wildman–Crippen MR) is 73.0 cm³/mol. The first-order valence-corrected chi connectivity index (χ1v) is 6.75. The molecule has 0 radical (unpaired) electrons. The number of amides is 1. The van der Waals surface area contributed by atoms with Gasteiger partial charge >= 0.3 is 0 Å². The summed E-state index contributed by atoms with van der Waals surface area (Å²) in [5.41, 5.74) is 0.795. The van der Waals surface area contributed by atoms with Gasteiger partial charge < -0.3 is 9.73 Å².